The van der Waals surface area contributed by atoms with E-state index < -0.39 is 0 Å². The van der Waals surface area contributed by atoms with Gasteiger partial charge in [-0.2, -0.15) is 0 Å². The van der Waals surface area contributed by atoms with Crippen LogP contribution >= 0.6 is 27.7 Å². The van der Waals surface area contributed by atoms with Gasteiger partial charge in [0.1, 0.15) is 5.75 Å². The van der Waals surface area contributed by atoms with Crippen LogP contribution < -0.4 is 4.74 Å². The Morgan fingerprint density at radius 1 is 1.15 bits per heavy atom. The highest BCUT2D eigenvalue weighted by molar-refractivity contribution is 9.10. The highest BCUT2D eigenvalue weighted by Crippen LogP contribution is 2.28. The minimum absolute atomic E-state index is 0.00133. The van der Waals surface area contributed by atoms with Crippen molar-refractivity contribution in [2.75, 3.05) is 6.61 Å². The third-order valence-electron chi connectivity index (χ3n) is 3.59. The fourth-order valence-corrected chi connectivity index (χ4v) is 3.31. The molecule has 0 N–H and O–H groups in total. The Kier molecular flexibility index (Phi) is 6.11. The highest BCUT2D eigenvalue weighted by atomic mass is 79.9. The van der Waals surface area contributed by atoms with Crippen molar-refractivity contribution in [1.82, 2.24) is 10.2 Å². The molecular weight excluding hydrogens is 416 g/mol. The van der Waals surface area contributed by atoms with Crippen LogP contribution in [0.25, 0.3) is 11.5 Å². The van der Waals surface area contributed by atoms with Gasteiger partial charge in [-0.1, -0.05) is 27.7 Å². The number of ether oxygens (including phenoxy) is 1. The summed E-state index contributed by atoms with van der Waals surface area (Å²) >= 11 is 4.64. The van der Waals surface area contributed by atoms with E-state index in [4.69, 9.17) is 9.15 Å². The minimum Gasteiger partial charge on any atom is -0.494 e. The third kappa shape index (κ3) is 4.53. The second-order valence-electron chi connectivity index (χ2n) is 5.46. The molecule has 5 nitrogen and oxygen atoms in total. The van der Waals surface area contributed by atoms with Crippen molar-refractivity contribution >= 4 is 33.5 Å². The predicted molar refractivity (Wildman–Crippen MR) is 105 cm³/mol. The molecule has 0 fully saturated rings. The Morgan fingerprint density at radius 2 is 1.85 bits per heavy atom. The molecule has 0 aliphatic heterocycles. The quantitative estimate of drug-likeness (QED) is 0.374. The summed E-state index contributed by atoms with van der Waals surface area (Å²) in [4.78, 5) is 12.6. The first-order valence-electron chi connectivity index (χ1n) is 8.10. The van der Waals surface area contributed by atoms with Crippen LogP contribution in [0.4, 0.5) is 0 Å². The van der Waals surface area contributed by atoms with Crippen molar-refractivity contribution in [2.45, 2.75) is 24.3 Å². The lowest BCUT2D eigenvalue weighted by Crippen LogP contribution is -2.13. The Hall–Kier alpha value is -2.12. The lowest BCUT2D eigenvalue weighted by atomic mass is 10.1. The molecule has 3 aromatic rings. The van der Waals surface area contributed by atoms with Crippen LogP contribution in [0.1, 0.15) is 24.2 Å². The molecule has 1 atom stereocenters. The Morgan fingerprint density at radius 3 is 2.50 bits per heavy atom. The summed E-state index contributed by atoms with van der Waals surface area (Å²) in [6.45, 7) is 4.34. The zero-order chi connectivity index (χ0) is 18.5. The van der Waals surface area contributed by atoms with E-state index in [2.05, 4.69) is 26.1 Å². The summed E-state index contributed by atoms with van der Waals surface area (Å²) in [7, 11) is 0. The fourth-order valence-electron chi connectivity index (χ4n) is 2.29. The lowest BCUT2D eigenvalue weighted by Gasteiger charge is -2.08. The largest absolute Gasteiger partial charge is 0.494 e. The van der Waals surface area contributed by atoms with Gasteiger partial charge in [0, 0.05) is 15.6 Å². The van der Waals surface area contributed by atoms with Crippen molar-refractivity contribution in [1.29, 1.82) is 0 Å². The Balaban J connectivity index is 1.66. The monoisotopic (exact) mass is 432 g/mol. The van der Waals surface area contributed by atoms with E-state index in [-0.39, 0.29) is 11.0 Å². The average molecular weight is 433 g/mol. The van der Waals surface area contributed by atoms with Crippen molar-refractivity contribution in [2.24, 2.45) is 0 Å². The molecule has 26 heavy (non-hydrogen) atoms. The number of carbonyl (C=O) groups is 1. The number of aromatic nitrogens is 2. The molecule has 0 radical (unpaired) electrons. The van der Waals surface area contributed by atoms with Crippen molar-refractivity contribution in [3.63, 3.8) is 0 Å². The Bertz CT molecular complexity index is 879. The molecule has 0 saturated heterocycles. The summed E-state index contributed by atoms with van der Waals surface area (Å²) in [6, 6.07) is 14.7. The van der Waals surface area contributed by atoms with Gasteiger partial charge in [-0.3, -0.25) is 4.79 Å². The van der Waals surface area contributed by atoms with E-state index in [1.54, 1.807) is 24.3 Å². The van der Waals surface area contributed by atoms with Crippen molar-refractivity contribution in [3.05, 3.63) is 58.6 Å². The molecule has 134 valence electrons. The molecule has 0 aliphatic carbocycles. The summed E-state index contributed by atoms with van der Waals surface area (Å²) in [5.74, 6) is 1.18. The number of hydrogen-bond acceptors (Lipinski definition) is 6. The summed E-state index contributed by atoms with van der Waals surface area (Å²) < 4.78 is 12.0. The summed E-state index contributed by atoms with van der Waals surface area (Å²) in [5, 5.41) is 8.11. The molecule has 1 heterocycles. The maximum absolute atomic E-state index is 12.6. The highest BCUT2D eigenvalue weighted by Gasteiger charge is 2.20. The maximum Gasteiger partial charge on any atom is 0.277 e. The van der Waals surface area contributed by atoms with Crippen LogP contribution in [0.5, 0.6) is 5.75 Å². The predicted octanol–water partition coefficient (Wildman–Crippen LogP) is 5.26. The topological polar surface area (TPSA) is 65.2 Å². The molecule has 2 aromatic carbocycles. The van der Waals surface area contributed by atoms with Gasteiger partial charge in [-0.15, -0.1) is 10.2 Å². The number of carbonyl (C=O) groups excluding carboxylic acids is 1. The van der Waals surface area contributed by atoms with E-state index in [1.165, 1.54) is 11.8 Å². The number of ketones is 1. The average Bonchev–Trinajstić information content (AvgIpc) is 3.11. The van der Waals surface area contributed by atoms with Crippen LogP contribution in [0.15, 0.2) is 62.6 Å². The van der Waals surface area contributed by atoms with Gasteiger partial charge in [0.05, 0.1) is 11.9 Å². The van der Waals surface area contributed by atoms with E-state index in [9.17, 15) is 4.79 Å². The van der Waals surface area contributed by atoms with Crippen LogP contribution in [-0.4, -0.2) is 27.8 Å². The smallest absolute Gasteiger partial charge is 0.277 e. The number of rotatable bonds is 7. The van der Waals surface area contributed by atoms with Crippen LogP contribution in [0, 0.1) is 0 Å². The molecule has 1 aromatic heterocycles. The van der Waals surface area contributed by atoms with Gasteiger partial charge in [-0.05, 0) is 62.4 Å². The third-order valence-corrected chi connectivity index (χ3v) is 5.06. The molecular formula is C19H17BrN2O3S. The number of benzene rings is 2. The second kappa shape index (κ2) is 8.51. The van der Waals surface area contributed by atoms with E-state index in [0.717, 1.165) is 15.8 Å². The minimum atomic E-state index is -0.342. The first kappa shape index (κ1) is 18.7. The first-order chi connectivity index (χ1) is 12.6. The van der Waals surface area contributed by atoms with Gasteiger partial charge in [0.15, 0.2) is 5.78 Å². The summed E-state index contributed by atoms with van der Waals surface area (Å²) in [5.41, 5.74) is 1.46. The van der Waals surface area contributed by atoms with Crippen LogP contribution in [0.2, 0.25) is 0 Å². The molecule has 3 rings (SSSR count). The molecule has 0 spiro atoms. The van der Waals surface area contributed by atoms with Crippen LogP contribution in [-0.2, 0) is 0 Å². The number of hydrogen-bond donors (Lipinski definition) is 0. The number of thioether (sulfide) groups is 1. The zero-order valence-electron chi connectivity index (χ0n) is 14.3. The molecule has 0 amide bonds. The number of Topliss-reactive ketones (excluding diaryl/α,β-unsaturated/α-hetero) is 1. The van der Waals surface area contributed by atoms with Gasteiger partial charge in [-0.25, -0.2) is 0 Å². The SMILES string of the molecule is CCOc1ccc(C(=O)C(C)Sc2nnc(-c3ccc(Br)cc3)o2)cc1. The molecule has 1 unspecified atom stereocenters. The normalized spacial score (nSPS) is 12.0. The van der Waals surface area contributed by atoms with Gasteiger partial charge < -0.3 is 9.15 Å². The lowest BCUT2D eigenvalue weighted by molar-refractivity contribution is 0.0993. The first-order valence-corrected chi connectivity index (χ1v) is 9.77. The number of nitrogens with zero attached hydrogens (tertiary/aromatic N) is 2. The fraction of sp³-hybridized carbons (Fsp3) is 0.211. The number of halogens is 1. The molecule has 7 heteroatoms. The zero-order valence-corrected chi connectivity index (χ0v) is 16.7. The maximum atomic E-state index is 12.6. The van der Waals surface area contributed by atoms with Gasteiger partial charge >= 0.3 is 0 Å². The van der Waals surface area contributed by atoms with E-state index in [1.807, 2.05) is 38.1 Å². The second-order valence-corrected chi connectivity index (χ2v) is 7.67. The van der Waals surface area contributed by atoms with Crippen molar-refractivity contribution < 1.29 is 13.9 Å². The van der Waals surface area contributed by atoms with Gasteiger partial charge in [0.25, 0.3) is 5.22 Å². The van der Waals surface area contributed by atoms with Crippen molar-refractivity contribution in [3.8, 4) is 17.2 Å². The molecule has 0 bridgehead atoms. The standard InChI is InChI=1S/C19H17BrN2O3S/c1-3-24-16-10-6-13(7-11-16)17(23)12(2)26-19-22-21-18(25-19)14-4-8-15(20)9-5-14/h4-12H,3H2,1-2H3. The molecule has 0 aliphatic rings. The van der Waals surface area contributed by atoms with E-state index in [0.29, 0.717) is 23.3 Å². The van der Waals surface area contributed by atoms with Gasteiger partial charge in [0.2, 0.25) is 5.89 Å². The van der Waals surface area contributed by atoms with Crippen LogP contribution in [0.3, 0.4) is 0 Å². The van der Waals surface area contributed by atoms with E-state index >= 15 is 0 Å². The molecule has 0 saturated carbocycles. The Labute approximate surface area is 164 Å². The summed E-state index contributed by atoms with van der Waals surface area (Å²) in [6.07, 6.45) is 0.